The van der Waals surface area contributed by atoms with E-state index in [2.05, 4.69) is 0 Å². The average Bonchev–Trinajstić information content (AvgIpc) is 2.97. The minimum atomic E-state index is -2.02. The van der Waals surface area contributed by atoms with Crippen molar-refractivity contribution in [2.24, 2.45) is 0 Å². The molecular formula is C27H30O15. The molecule has 5 rings (SSSR count). The number of hydrogen-bond acceptors (Lipinski definition) is 15. The lowest BCUT2D eigenvalue weighted by molar-refractivity contribution is -0.234. The Kier molecular flexibility index (Phi) is 8.16. The third kappa shape index (κ3) is 4.79. The number of phenols is 3. The average molecular weight is 595 g/mol. The van der Waals surface area contributed by atoms with Crippen LogP contribution in [0.2, 0.25) is 0 Å². The maximum absolute atomic E-state index is 13.5. The van der Waals surface area contributed by atoms with Gasteiger partial charge in [-0.3, -0.25) is 4.79 Å². The topological polar surface area (TPSA) is 271 Å². The number of hydrogen-bond donors (Lipinski definition) is 11. The predicted molar refractivity (Wildman–Crippen MR) is 138 cm³/mol. The number of rotatable bonds is 5. The molecule has 0 radical (unpaired) electrons. The predicted octanol–water partition coefficient (Wildman–Crippen LogP) is -2.39. The van der Waals surface area contributed by atoms with Crippen LogP contribution in [0.5, 0.6) is 17.2 Å². The number of aliphatic hydroxyl groups is 8. The van der Waals surface area contributed by atoms with Crippen LogP contribution < -0.4 is 5.43 Å². The molecule has 0 amide bonds. The van der Waals surface area contributed by atoms with Crippen LogP contribution in [0.25, 0.3) is 22.3 Å². The Morgan fingerprint density at radius 1 is 0.643 bits per heavy atom. The van der Waals surface area contributed by atoms with Crippen molar-refractivity contribution in [3.05, 3.63) is 51.7 Å². The van der Waals surface area contributed by atoms with Gasteiger partial charge in [0, 0.05) is 11.6 Å². The van der Waals surface area contributed by atoms with Gasteiger partial charge in [-0.15, -0.1) is 0 Å². The van der Waals surface area contributed by atoms with Gasteiger partial charge in [0.15, 0.2) is 11.0 Å². The van der Waals surface area contributed by atoms with E-state index in [0.29, 0.717) is 0 Å². The maximum atomic E-state index is 13.5. The number of benzene rings is 2. The molecular weight excluding hydrogens is 564 g/mol. The molecule has 1 aromatic heterocycles. The van der Waals surface area contributed by atoms with Crippen molar-refractivity contribution in [2.75, 3.05) is 13.2 Å². The number of fused-ring (bicyclic) bond motifs is 1. The van der Waals surface area contributed by atoms with Crippen molar-refractivity contribution in [2.45, 2.75) is 61.0 Å². The molecule has 2 aliphatic heterocycles. The summed E-state index contributed by atoms with van der Waals surface area (Å²) in [7, 11) is 0. The maximum Gasteiger partial charge on any atom is 0.197 e. The molecule has 15 nitrogen and oxygen atoms in total. The lowest BCUT2D eigenvalue weighted by Gasteiger charge is -2.42. The first-order chi connectivity index (χ1) is 19.9. The zero-order valence-corrected chi connectivity index (χ0v) is 21.6. The fraction of sp³-hybridized carbons (Fsp3) is 0.444. The number of aliphatic hydroxyl groups excluding tert-OH is 8. The molecule has 2 fully saturated rings. The SMILES string of the molecule is O=c1cc(-c2ccc(O)cc2)oc2c(C3O[C@H](CO)C(O)[C@H](O)[C@H]3O)c(O)c([C@H]3O[C@H](CO)C(O)[C@H](O)[C@H]3O)c(O)c12. The Morgan fingerprint density at radius 3 is 1.64 bits per heavy atom. The Bertz CT molecular complexity index is 1500. The molecule has 3 heterocycles. The molecule has 0 saturated carbocycles. The highest BCUT2D eigenvalue weighted by molar-refractivity contribution is 5.92. The smallest absolute Gasteiger partial charge is 0.197 e. The van der Waals surface area contributed by atoms with E-state index in [4.69, 9.17) is 13.9 Å². The van der Waals surface area contributed by atoms with Gasteiger partial charge in [-0.1, -0.05) is 0 Å². The second-order valence-electron chi connectivity index (χ2n) is 10.2. The fourth-order valence-corrected chi connectivity index (χ4v) is 5.39. The minimum absolute atomic E-state index is 0.0941. The summed E-state index contributed by atoms with van der Waals surface area (Å²) in [6.07, 6.45) is -18.2. The normalized spacial score (nSPS) is 33.6. The molecule has 0 aliphatic carbocycles. The molecule has 3 aromatic rings. The number of aromatic hydroxyl groups is 3. The second-order valence-corrected chi connectivity index (χ2v) is 10.2. The van der Waals surface area contributed by atoms with E-state index in [-0.39, 0.29) is 17.1 Å². The molecule has 15 heteroatoms. The number of phenolic OH excluding ortho intramolecular Hbond substituents is 3. The first-order valence-corrected chi connectivity index (χ1v) is 12.9. The van der Waals surface area contributed by atoms with Crippen molar-refractivity contribution in [3.63, 3.8) is 0 Å². The van der Waals surface area contributed by atoms with Gasteiger partial charge in [0.2, 0.25) is 0 Å². The largest absolute Gasteiger partial charge is 0.508 e. The molecule has 0 bridgehead atoms. The van der Waals surface area contributed by atoms with Crippen LogP contribution >= 0.6 is 0 Å². The van der Waals surface area contributed by atoms with Crippen molar-refractivity contribution in [3.8, 4) is 28.6 Å². The molecule has 0 spiro atoms. The Labute approximate surface area is 235 Å². The van der Waals surface area contributed by atoms with E-state index in [9.17, 15) is 61.0 Å². The van der Waals surface area contributed by atoms with Gasteiger partial charge in [-0.2, -0.15) is 0 Å². The van der Waals surface area contributed by atoms with Crippen LogP contribution in [0.1, 0.15) is 23.3 Å². The quantitative estimate of drug-likeness (QED) is 0.147. The molecule has 228 valence electrons. The van der Waals surface area contributed by atoms with Crippen LogP contribution in [-0.2, 0) is 9.47 Å². The highest BCUT2D eigenvalue weighted by Crippen LogP contribution is 2.51. The van der Waals surface area contributed by atoms with E-state index < -0.39 is 113 Å². The first-order valence-electron chi connectivity index (χ1n) is 12.9. The van der Waals surface area contributed by atoms with Crippen molar-refractivity contribution < 1.29 is 70.1 Å². The van der Waals surface area contributed by atoms with Gasteiger partial charge in [-0.25, -0.2) is 0 Å². The van der Waals surface area contributed by atoms with Crippen molar-refractivity contribution in [1.29, 1.82) is 0 Å². The molecule has 42 heavy (non-hydrogen) atoms. The van der Waals surface area contributed by atoms with Gasteiger partial charge >= 0.3 is 0 Å². The van der Waals surface area contributed by atoms with Gasteiger partial charge in [0.25, 0.3) is 0 Å². The molecule has 2 saturated heterocycles. The second kappa shape index (κ2) is 11.4. The molecule has 11 N–H and O–H groups in total. The summed E-state index contributed by atoms with van der Waals surface area (Å²) in [5.41, 5.74) is -2.48. The number of ether oxygens (including phenoxy) is 2. The van der Waals surface area contributed by atoms with Crippen molar-refractivity contribution >= 4 is 11.0 Å². The van der Waals surface area contributed by atoms with Gasteiger partial charge in [0.05, 0.1) is 24.3 Å². The zero-order valence-electron chi connectivity index (χ0n) is 21.6. The van der Waals surface area contributed by atoms with E-state index >= 15 is 0 Å². The summed E-state index contributed by atoms with van der Waals surface area (Å²) >= 11 is 0. The van der Waals surface area contributed by atoms with E-state index in [1.165, 1.54) is 24.3 Å². The molecule has 3 unspecified atom stereocenters. The highest BCUT2D eigenvalue weighted by atomic mass is 16.6. The van der Waals surface area contributed by atoms with E-state index in [0.717, 1.165) is 6.07 Å². The standard InChI is InChI=1S/C27H30O15/c28-6-12-17(32)21(36)23(38)26(41-12)15-19(34)14-10(31)5-11(8-1-3-9(30)4-2-8)40-25(14)16(20(15)35)27-24(39)22(37)18(33)13(7-29)42-27/h1-5,12-13,17-18,21-24,26-30,32-39H,6-7H2/t12-,13-,17?,18?,21+,22+,23-,24-,26-,27?/m1/s1. The van der Waals surface area contributed by atoms with E-state index in [1.54, 1.807) is 0 Å². The summed E-state index contributed by atoms with van der Waals surface area (Å²) in [5.74, 6) is -2.20. The van der Waals surface area contributed by atoms with Crippen LogP contribution in [0.3, 0.4) is 0 Å². The fourth-order valence-electron chi connectivity index (χ4n) is 5.39. The van der Waals surface area contributed by atoms with Gasteiger partial charge in [0.1, 0.15) is 89.4 Å². The minimum Gasteiger partial charge on any atom is -0.508 e. The van der Waals surface area contributed by atoms with Crippen LogP contribution in [0.4, 0.5) is 0 Å². The Balaban J connectivity index is 1.82. The van der Waals surface area contributed by atoms with E-state index in [1.807, 2.05) is 0 Å². The summed E-state index contributed by atoms with van der Waals surface area (Å²) in [6.45, 7) is -1.70. The van der Waals surface area contributed by atoms with Crippen LogP contribution in [0.15, 0.2) is 39.5 Å². The Morgan fingerprint density at radius 2 is 1.14 bits per heavy atom. The van der Waals surface area contributed by atoms with Gasteiger partial charge < -0.3 is 70.1 Å². The first kappa shape index (κ1) is 30.1. The molecule has 2 aromatic carbocycles. The molecule has 10 atom stereocenters. The lowest BCUT2D eigenvalue weighted by Crippen LogP contribution is -2.55. The van der Waals surface area contributed by atoms with Crippen LogP contribution in [0, 0.1) is 0 Å². The van der Waals surface area contributed by atoms with Gasteiger partial charge in [-0.05, 0) is 24.3 Å². The Hall–Kier alpha value is -3.35. The summed E-state index contributed by atoms with van der Waals surface area (Å²) in [6, 6.07) is 6.37. The highest BCUT2D eigenvalue weighted by Gasteiger charge is 2.50. The monoisotopic (exact) mass is 594 g/mol. The third-order valence-corrected chi connectivity index (χ3v) is 7.70. The summed E-state index contributed by atoms with van der Waals surface area (Å²) < 4.78 is 17.0. The summed E-state index contributed by atoms with van der Waals surface area (Å²) in [5, 5.41) is 114. The molecule has 2 aliphatic rings. The lowest BCUT2D eigenvalue weighted by atomic mass is 9.85. The zero-order chi connectivity index (χ0) is 30.6. The summed E-state index contributed by atoms with van der Waals surface area (Å²) in [4.78, 5) is 13.5. The third-order valence-electron chi connectivity index (χ3n) is 7.70. The van der Waals surface area contributed by atoms with Crippen LogP contribution in [-0.4, -0.2) is 118 Å². The van der Waals surface area contributed by atoms with Crippen molar-refractivity contribution in [1.82, 2.24) is 0 Å².